The Bertz CT molecular complexity index is 891. The van der Waals surface area contributed by atoms with Crippen LogP contribution in [-0.2, 0) is 11.2 Å². The van der Waals surface area contributed by atoms with E-state index in [1.165, 1.54) is 7.11 Å². The highest BCUT2D eigenvalue weighted by molar-refractivity contribution is 6.32. The molecule has 25 heavy (non-hydrogen) atoms. The predicted molar refractivity (Wildman–Crippen MR) is 97.0 cm³/mol. The Hall–Kier alpha value is -2.79. The van der Waals surface area contributed by atoms with Crippen molar-refractivity contribution in [2.45, 2.75) is 13.3 Å². The van der Waals surface area contributed by atoms with Gasteiger partial charge in [0.25, 0.3) is 0 Å². The number of hydrogen-bond acceptors (Lipinski definition) is 4. The number of oxazole rings is 1. The Morgan fingerprint density at radius 1 is 1.24 bits per heavy atom. The number of carbonyl (C=O) groups is 1. The number of ether oxygens (including phenoxy) is 1. The van der Waals surface area contributed by atoms with Crippen molar-refractivity contribution in [1.29, 1.82) is 0 Å². The molecule has 0 saturated carbocycles. The van der Waals surface area contributed by atoms with Crippen molar-refractivity contribution < 1.29 is 13.9 Å². The normalized spacial score (nSPS) is 10.5. The van der Waals surface area contributed by atoms with Gasteiger partial charge in [-0.3, -0.25) is 4.79 Å². The molecule has 0 fully saturated rings. The van der Waals surface area contributed by atoms with E-state index in [0.717, 1.165) is 5.56 Å². The molecule has 0 spiro atoms. The van der Waals surface area contributed by atoms with Crippen LogP contribution in [0.5, 0.6) is 5.75 Å². The number of aryl methyl sites for hydroxylation is 1. The van der Waals surface area contributed by atoms with E-state index in [9.17, 15) is 4.79 Å². The minimum absolute atomic E-state index is 0.0926. The number of nitrogens with zero attached hydrogens (tertiary/aromatic N) is 1. The third-order valence-corrected chi connectivity index (χ3v) is 3.97. The molecule has 0 atom stereocenters. The van der Waals surface area contributed by atoms with Crippen LogP contribution in [0.4, 0.5) is 5.69 Å². The molecule has 1 amide bonds. The minimum atomic E-state index is -0.208. The molecule has 0 aliphatic rings. The fourth-order valence-corrected chi connectivity index (χ4v) is 2.65. The highest BCUT2D eigenvalue weighted by Gasteiger charge is 2.15. The van der Waals surface area contributed by atoms with Crippen molar-refractivity contribution in [2.24, 2.45) is 0 Å². The average molecular weight is 357 g/mol. The molecular formula is C19H17ClN2O3. The lowest BCUT2D eigenvalue weighted by atomic mass is 10.2. The summed E-state index contributed by atoms with van der Waals surface area (Å²) >= 11 is 6.06. The summed E-state index contributed by atoms with van der Waals surface area (Å²) in [6, 6.07) is 14.6. The molecule has 0 saturated heterocycles. The summed E-state index contributed by atoms with van der Waals surface area (Å²) in [5.74, 6) is 1.39. The van der Waals surface area contributed by atoms with Gasteiger partial charge in [-0.05, 0) is 37.3 Å². The number of carbonyl (C=O) groups excluding carboxylic acids is 1. The Labute approximate surface area is 150 Å². The Balaban J connectivity index is 1.71. The van der Waals surface area contributed by atoms with Gasteiger partial charge in [0, 0.05) is 11.3 Å². The number of hydrogen-bond donors (Lipinski definition) is 1. The van der Waals surface area contributed by atoms with Gasteiger partial charge in [0.05, 0.1) is 24.2 Å². The SMILES string of the molecule is COc1ccc(NC(=O)Cc2oc(-c3ccccc3)nc2C)cc1Cl. The summed E-state index contributed by atoms with van der Waals surface area (Å²) < 4.78 is 10.8. The van der Waals surface area contributed by atoms with Crippen molar-refractivity contribution in [2.75, 3.05) is 12.4 Å². The van der Waals surface area contributed by atoms with Gasteiger partial charge in [-0.15, -0.1) is 0 Å². The van der Waals surface area contributed by atoms with Crippen molar-refractivity contribution in [3.63, 3.8) is 0 Å². The summed E-state index contributed by atoms with van der Waals surface area (Å²) in [5, 5.41) is 3.22. The molecule has 0 aliphatic heterocycles. The average Bonchev–Trinajstić information content (AvgIpc) is 2.96. The Morgan fingerprint density at radius 2 is 2.00 bits per heavy atom. The lowest BCUT2D eigenvalue weighted by Crippen LogP contribution is -2.14. The number of halogens is 1. The van der Waals surface area contributed by atoms with Gasteiger partial charge < -0.3 is 14.5 Å². The van der Waals surface area contributed by atoms with Crippen LogP contribution in [0.25, 0.3) is 11.5 Å². The van der Waals surface area contributed by atoms with Crippen LogP contribution in [0.15, 0.2) is 52.9 Å². The fraction of sp³-hybridized carbons (Fsp3) is 0.158. The van der Waals surface area contributed by atoms with Crippen molar-refractivity contribution >= 4 is 23.2 Å². The molecule has 0 bridgehead atoms. The standard InChI is InChI=1S/C19H17ClN2O3/c1-12-17(25-19(21-12)13-6-4-3-5-7-13)11-18(23)22-14-8-9-16(24-2)15(20)10-14/h3-10H,11H2,1-2H3,(H,22,23). The zero-order chi connectivity index (χ0) is 17.8. The van der Waals surface area contributed by atoms with E-state index in [1.54, 1.807) is 18.2 Å². The maximum Gasteiger partial charge on any atom is 0.232 e. The van der Waals surface area contributed by atoms with Crippen LogP contribution in [0.2, 0.25) is 5.02 Å². The van der Waals surface area contributed by atoms with E-state index < -0.39 is 0 Å². The molecule has 6 heteroatoms. The quantitative estimate of drug-likeness (QED) is 0.731. The summed E-state index contributed by atoms with van der Waals surface area (Å²) in [6.45, 7) is 1.82. The summed E-state index contributed by atoms with van der Waals surface area (Å²) in [6.07, 6.45) is 0.0926. The first-order valence-electron chi connectivity index (χ1n) is 7.72. The van der Waals surface area contributed by atoms with Gasteiger partial charge in [0.1, 0.15) is 11.5 Å². The van der Waals surface area contributed by atoms with Gasteiger partial charge in [0.15, 0.2) is 0 Å². The fourth-order valence-electron chi connectivity index (χ4n) is 2.39. The molecule has 3 rings (SSSR count). The second kappa shape index (κ2) is 7.40. The number of aromatic nitrogens is 1. The van der Waals surface area contributed by atoms with E-state index in [0.29, 0.717) is 33.8 Å². The van der Waals surface area contributed by atoms with Crippen molar-refractivity contribution in [1.82, 2.24) is 4.98 Å². The maximum absolute atomic E-state index is 12.3. The number of benzene rings is 2. The number of methoxy groups -OCH3 is 1. The highest BCUT2D eigenvalue weighted by atomic mass is 35.5. The number of nitrogens with one attached hydrogen (secondary N) is 1. The first-order valence-corrected chi connectivity index (χ1v) is 8.09. The zero-order valence-electron chi connectivity index (χ0n) is 13.9. The highest BCUT2D eigenvalue weighted by Crippen LogP contribution is 2.27. The maximum atomic E-state index is 12.3. The van der Waals surface area contributed by atoms with Crippen LogP contribution in [0.3, 0.4) is 0 Å². The van der Waals surface area contributed by atoms with Crippen molar-refractivity contribution in [3.05, 3.63) is 65.0 Å². The van der Waals surface area contributed by atoms with E-state index in [2.05, 4.69) is 10.3 Å². The largest absolute Gasteiger partial charge is 0.495 e. The number of rotatable bonds is 5. The van der Waals surface area contributed by atoms with E-state index in [4.69, 9.17) is 20.8 Å². The van der Waals surface area contributed by atoms with Gasteiger partial charge in [-0.2, -0.15) is 0 Å². The number of anilines is 1. The monoisotopic (exact) mass is 356 g/mol. The Morgan fingerprint density at radius 3 is 2.68 bits per heavy atom. The molecular weight excluding hydrogens is 340 g/mol. The second-order valence-electron chi connectivity index (χ2n) is 5.47. The minimum Gasteiger partial charge on any atom is -0.495 e. The molecule has 0 aliphatic carbocycles. The summed E-state index contributed by atoms with van der Waals surface area (Å²) in [7, 11) is 1.54. The molecule has 2 aromatic carbocycles. The van der Waals surface area contributed by atoms with E-state index in [-0.39, 0.29) is 12.3 Å². The van der Waals surface area contributed by atoms with Crippen LogP contribution >= 0.6 is 11.6 Å². The van der Waals surface area contributed by atoms with Gasteiger partial charge in [-0.25, -0.2) is 4.98 Å². The van der Waals surface area contributed by atoms with Crippen molar-refractivity contribution in [3.8, 4) is 17.2 Å². The molecule has 0 radical (unpaired) electrons. The molecule has 128 valence electrons. The molecule has 5 nitrogen and oxygen atoms in total. The lowest BCUT2D eigenvalue weighted by Gasteiger charge is -2.07. The zero-order valence-corrected chi connectivity index (χ0v) is 14.6. The smallest absolute Gasteiger partial charge is 0.232 e. The van der Waals surface area contributed by atoms with Crippen LogP contribution < -0.4 is 10.1 Å². The van der Waals surface area contributed by atoms with Crippen LogP contribution in [-0.4, -0.2) is 18.0 Å². The Kier molecular flexibility index (Phi) is 5.05. The van der Waals surface area contributed by atoms with E-state index in [1.807, 2.05) is 37.3 Å². The third-order valence-electron chi connectivity index (χ3n) is 3.67. The lowest BCUT2D eigenvalue weighted by molar-refractivity contribution is -0.115. The topological polar surface area (TPSA) is 64.4 Å². The number of amides is 1. The van der Waals surface area contributed by atoms with Crippen LogP contribution in [0, 0.1) is 6.92 Å². The summed E-state index contributed by atoms with van der Waals surface area (Å²) in [5.41, 5.74) is 2.16. The van der Waals surface area contributed by atoms with Crippen LogP contribution in [0.1, 0.15) is 11.5 Å². The second-order valence-corrected chi connectivity index (χ2v) is 5.88. The van der Waals surface area contributed by atoms with Gasteiger partial charge >= 0.3 is 0 Å². The molecule has 1 heterocycles. The predicted octanol–water partition coefficient (Wildman–Crippen LogP) is 4.49. The van der Waals surface area contributed by atoms with Gasteiger partial charge in [-0.1, -0.05) is 29.8 Å². The molecule has 3 aromatic rings. The molecule has 1 aromatic heterocycles. The first-order chi connectivity index (χ1) is 12.1. The van der Waals surface area contributed by atoms with E-state index >= 15 is 0 Å². The summed E-state index contributed by atoms with van der Waals surface area (Å²) in [4.78, 5) is 16.7. The first kappa shape index (κ1) is 17.0. The third kappa shape index (κ3) is 4.00. The van der Waals surface area contributed by atoms with Gasteiger partial charge in [0.2, 0.25) is 11.8 Å². The molecule has 0 unspecified atom stereocenters. The molecule has 1 N–H and O–H groups in total.